The first-order valence-electron chi connectivity index (χ1n) is 2.82. The number of rotatable bonds is 1. The second-order valence-corrected chi connectivity index (χ2v) is 3.91. The Morgan fingerprint density at radius 2 is 2.00 bits per heavy atom. The maximum absolute atomic E-state index is 12.2. The van der Waals surface area contributed by atoms with Crippen LogP contribution >= 0.6 is 43.5 Å². The summed E-state index contributed by atoms with van der Waals surface area (Å²) in [5.74, 6) is 0. The second kappa shape index (κ2) is 3.98. The number of aromatic nitrogens is 1. The van der Waals surface area contributed by atoms with E-state index in [4.69, 9.17) is 11.6 Å². The SMILES string of the molecule is FC(F)c1cc(Br)c(Br)nc1Cl. The summed E-state index contributed by atoms with van der Waals surface area (Å²) in [6, 6.07) is 1.24. The first kappa shape index (κ1) is 10.3. The lowest BCUT2D eigenvalue weighted by Gasteiger charge is -2.03. The average Bonchev–Trinajstić information content (AvgIpc) is 1.96. The third kappa shape index (κ3) is 2.14. The summed E-state index contributed by atoms with van der Waals surface area (Å²) in [5.41, 5.74) is -0.272. The Hall–Kier alpha value is 0.260. The van der Waals surface area contributed by atoms with E-state index in [0.717, 1.165) is 0 Å². The van der Waals surface area contributed by atoms with Gasteiger partial charge in [0.15, 0.2) is 0 Å². The lowest BCUT2D eigenvalue weighted by atomic mass is 10.3. The van der Waals surface area contributed by atoms with Crippen molar-refractivity contribution in [1.29, 1.82) is 0 Å². The summed E-state index contributed by atoms with van der Waals surface area (Å²) < 4.78 is 25.2. The zero-order chi connectivity index (χ0) is 9.30. The molecule has 1 nitrogen and oxygen atoms in total. The predicted octanol–water partition coefficient (Wildman–Crippen LogP) is 4.20. The van der Waals surface area contributed by atoms with E-state index >= 15 is 0 Å². The van der Waals surface area contributed by atoms with E-state index in [1.54, 1.807) is 0 Å². The molecule has 6 heteroatoms. The van der Waals surface area contributed by atoms with Gasteiger partial charge >= 0.3 is 0 Å². The number of pyridine rings is 1. The molecule has 0 fully saturated rings. The van der Waals surface area contributed by atoms with Gasteiger partial charge in [-0.1, -0.05) is 11.6 Å². The van der Waals surface area contributed by atoms with Gasteiger partial charge in [0.05, 0.1) is 10.0 Å². The lowest BCUT2D eigenvalue weighted by molar-refractivity contribution is 0.151. The highest BCUT2D eigenvalue weighted by atomic mass is 79.9. The number of nitrogens with zero attached hydrogens (tertiary/aromatic N) is 1. The van der Waals surface area contributed by atoms with Gasteiger partial charge in [0.25, 0.3) is 6.43 Å². The van der Waals surface area contributed by atoms with Crippen molar-refractivity contribution in [3.8, 4) is 0 Å². The van der Waals surface area contributed by atoms with Crippen molar-refractivity contribution >= 4 is 43.5 Å². The monoisotopic (exact) mass is 319 g/mol. The van der Waals surface area contributed by atoms with Crippen molar-refractivity contribution in [3.05, 3.63) is 25.9 Å². The lowest BCUT2D eigenvalue weighted by Crippen LogP contribution is -1.90. The molecule has 0 bridgehead atoms. The largest absolute Gasteiger partial charge is 0.266 e. The molecule has 0 saturated carbocycles. The van der Waals surface area contributed by atoms with Crippen LogP contribution < -0.4 is 0 Å². The predicted molar refractivity (Wildman–Crippen MR) is 49.6 cm³/mol. The zero-order valence-electron chi connectivity index (χ0n) is 5.49. The average molecular weight is 321 g/mol. The Labute approximate surface area is 89.4 Å². The van der Waals surface area contributed by atoms with Crippen molar-refractivity contribution in [2.75, 3.05) is 0 Å². The molecule has 0 radical (unpaired) electrons. The van der Waals surface area contributed by atoms with E-state index < -0.39 is 6.43 Å². The van der Waals surface area contributed by atoms with Crippen LogP contribution in [-0.4, -0.2) is 4.98 Å². The molecule has 0 atom stereocenters. The Kier molecular flexibility index (Phi) is 3.43. The summed E-state index contributed by atoms with van der Waals surface area (Å²) in [6.07, 6.45) is -2.60. The number of halogens is 5. The second-order valence-electron chi connectivity index (χ2n) is 1.94. The highest BCUT2D eigenvalue weighted by Crippen LogP contribution is 2.31. The molecule has 1 heterocycles. The van der Waals surface area contributed by atoms with Gasteiger partial charge in [-0.25, -0.2) is 13.8 Å². The van der Waals surface area contributed by atoms with Gasteiger partial charge in [0.1, 0.15) is 9.76 Å². The molecule has 1 rings (SSSR count). The first-order valence-corrected chi connectivity index (χ1v) is 4.78. The van der Waals surface area contributed by atoms with Crippen molar-refractivity contribution in [2.24, 2.45) is 0 Å². The van der Waals surface area contributed by atoms with Gasteiger partial charge in [0, 0.05) is 0 Å². The number of hydrogen-bond donors (Lipinski definition) is 0. The fraction of sp³-hybridized carbons (Fsp3) is 0.167. The molecule has 1 aromatic heterocycles. The molecular formula is C6H2Br2ClF2N. The maximum Gasteiger partial charge on any atom is 0.266 e. The van der Waals surface area contributed by atoms with Gasteiger partial charge in [-0.05, 0) is 37.9 Å². The van der Waals surface area contributed by atoms with Crippen LogP contribution in [0.3, 0.4) is 0 Å². The van der Waals surface area contributed by atoms with Crippen LogP contribution in [0.2, 0.25) is 5.15 Å². The molecule has 66 valence electrons. The molecule has 0 saturated heterocycles. The fourth-order valence-corrected chi connectivity index (χ4v) is 1.56. The highest BCUT2D eigenvalue weighted by Gasteiger charge is 2.15. The van der Waals surface area contributed by atoms with Gasteiger partial charge in [-0.15, -0.1) is 0 Å². The zero-order valence-corrected chi connectivity index (χ0v) is 9.42. The third-order valence-electron chi connectivity index (χ3n) is 1.15. The van der Waals surface area contributed by atoms with Crippen LogP contribution in [-0.2, 0) is 0 Å². The van der Waals surface area contributed by atoms with Crippen LogP contribution in [0.25, 0.3) is 0 Å². The van der Waals surface area contributed by atoms with Crippen LogP contribution in [0.1, 0.15) is 12.0 Å². The molecule has 0 aromatic carbocycles. The molecule has 1 aromatic rings. The van der Waals surface area contributed by atoms with Gasteiger partial charge in [-0.3, -0.25) is 0 Å². The van der Waals surface area contributed by atoms with Crippen LogP contribution in [0.5, 0.6) is 0 Å². The molecule has 0 spiro atoms. The quantitative estimate of drug-likeness (QED) is 0.707. The van der Waals surface area contributed by atoms with Gasteiger partial charge in [0.2, 0.25) is 0 Å². The summed E-state index contributed by atoms with van der Waals surface area (Å²) in [5, 5.41) is -0.180. The number of alkyl halides is 2. The van der Waals surface area contributed by atoms with E-state index in [2.05, 4.69) is 36.8 Å². The van der Waals surface area contributed by atoms with Crippen LogP contribution in [0.4, 0.5) is 8.78 Å². The molecule has 0 aliphatic carbocycles. The van der Waals surface area contributed by atoms with Crippen LogP contribution in [0.15, 0.2) is 15.1 Å². The van der Waals surface area contributed by atoms with Gasteiger partial charge < -0.3 is 0 Å². The Morgan fingerprint density at radius 3 is 2.50 bits per heavy atom. The minimum absolute atomic E-state index is 0.180. The summed E-state index contributed by atoms with van der Waals surface area (Å²) in [6.45, 7) is 0. The Balaban J connectivity index is 3.23. The minimum atomic E-state index is -2.60. The van der Waals surface area contributed by atoms with Crippen molar-refractivity contribution in [1.82, 2.24) is 4.98 Å². The van der Waals surface area contributed by atoms with Crippen LogP contribution in [0, 0.1) is 0 Å². The van der Waals surface area contributed by atoms with E-state index in [0.29, 0.717) is 9.08 Å². The van der Waals surface area contributed by atoms with E-state index in [-0.39, 0.29) is 10.7 Å². The number of hydrogen-bond acceptors (Lipinski definition) is 1. The molecule has 0 aliphatic heterocycles. The maximum atomic E-state index is 12.2. The van der Waals surface area contributed by atoms with Crippen molar-refractivity contribution < 1.29 is 8.78 Å². The summed E-state index contributed by atoms with van der Waals surface area (Å²) >= 11 is 11.5. The van der Waals surface area contributed by atoms with E-state index in [1.807, 2.05) is 0 Å². The van der Waals surface area contributed by atoms with Crippen molar-refractivity contribution in [2.45, 2.75) is 6.43 Å². The summed E-state index contributed by atoms with van der Waals surface area (Å²) in [4.78, 5) is 3.65. The van der Waals surface area contributed by atoms with Crippen molar-refractivity contribution in [3.63, 3.8) is 0 Å². The molecule has 12 heavy (non-hydrogen) atoms. The smallest absolute Gasteiger partial charge is 0.228 e. The minimum Gasteiger partial charge on any atom is -0.228 e. The highest BCUT2D eigenvalue weighted by molar-refractivity contribution is 9.13. The normalized spacial score (nSPS) is 10.8. The first-order chi connectivity index (χ1) is 5.52. The topological polar surface area (TPSA) is 12.9 Å². The Morgan fingerprint density at radius 1 is 1.42 bits per heavy atom. The third-order valence-corrected chi connectivity index (χ3v) is 3.19. The molecule has 0 unspecified atom stereocenters. The fourth-order valence-electron chi connectivity index (χ4n) is 0.613. The molecule has 0 aliphatic rings. The molecular weight excluding hydrogens is 319 g/mol. The Bertz CT molecular complexity index is 306. The standard InChI is InChI=1S/C6H2Br2ClF2N/c7-3-1-2(6(10)11)5(9)12-4(3)8/h1,6H. The molecule has 0 N–H and O–H groups in total. The van der Waals surface area contributed by atoms with Gasteiger partial charge in [-0.2, -0.15) is 0 Å². The van der Waals surface area contributed by atoms with E-state index in [9.17, 15) is 8.78 Å². The molecule has 0 amide bonds. The summed E-state index contributed by atoms with van der Waals surface area (Å²) in [7, 11) is 0. The van der Waals surface area contributed by atoms with E-state index in [1.165, 1.54) is 6.07 Å².